The van der Waals surface area contributed by atoms with Crippen LogP contribution in [-0.4, -0.2) is 10.4 Å². The zero-order chi connectivity index (χ0) is 32.4. The molecule has 0 aliphatic carbocycles. The molecule has 0 saturated carbocycles. The van der Waals surface area contributed by atoms with Gasteiger partial charge in [0.2, 0.25) is 11.4 Å². The normalized spacial score (nSPS) is 14.4. The maximum absolute atomic E-state index is 9.91. The molecule has 0 fully saturated rings. The maximum atomic E-state index is 9.91. The molecule has 3 rings (SSSR count). The van der Waals surface area contributed by atoms with E-state index >= 15 is 0 Å². The Bertz CT molecular complexity index is 1220. The first-order chi connectivity index (χ1) is 22.0. The second-order valence-electron chi connectivity index (χ2n) is 13.6. The highest BCUT2D eigenvalue weighted by Gasteiger charge is 2.35. The molecule has 0 bridgehead atoms. The number of rotatable bonds is 22. The second kappa shape index (κ2) is 20.5. The van der Waals surface area contributed by atoms with E-state index in [0.717, 1.165) is 49.9 Å². The molecule has 0 aromatic heterocycles. The van der Waals surface area contributed by atoms with E-state index in [1.54, 1.807) is 0 Å². The van der Waals surface area contributed by atoms with Crippen molar-refractivity contribution in [1.29, 1.82) is 0 Å². The second-order valence-corrected chi connectivity index (χ2v) is 13.6. The number of unbranched alkanes of at least 4 members (excludes halogenated alkanes) is 9. The van der Waals surface area contributed by atoms with Gasteiger partial charge in [0.1, 0.15) is 0 Å². The van der Waals surface area contributed by atoms with Gasteiger partial charge in [-0.05, 0) is 124 Å². The third-order valence-electron chi connectivity index (χ3n) is 9.43. The smallest absolute Gasteiger partial charge is 0.215 e. The van der Waals surface area contributed by atoms with E-state index in [2.05, 4.69) is 84.0 Å². The number of hydrogen-bond donors (Lipinski definition) is 0. The molecule has 0 radical (unpaired) electrons. The van der Waals surface area contributed by atoms with Gasteiger partial charge in [0, 0.05) is 16.7 Å². The first-order valence-electron chi connectivity index (χ1n) is 19.1. The molecule has 45 heavy (non-hydrogen) atoms. The Labute approximate surface area is 278 Å². The van der Waals surface area contributed by atoms with Crippen molar-refractivity contribution >= 4 is 11.4 Å². The summed E-state index contributed by atoms with van der Waals surface area (Å²) in [7, 11) is 0. The van der Waals surface area contributed by atoms with Crippen LogP contribution in [0.5, 0.6) is 0 Å². The monoisotopic (exact) mass is 611 g/mol. The fourth-order valence-electron chi connectivity index (χ4n) is 6.79. The maximum Gasteiger partial charge on any atom is 0.215 e. The Morgan fingerprint density at radius 3 is 1.36 bits per heavy atom. The summed E-state index contributed by atoms with van der Waals surface area (Å²) in [6, 6.07) is 14.6. The van der Waals surface area contributed by atoms with Crippen LogP contribution in [0.15, 0.2) is 53.6 Å². The van der Waals surface area contributed by atoms with E-state index in [0.29, 0.717) is 0 Å². The van der Waals surface area contributed by atoms with Crippen LogP contribution < -0.4 is 0 Å². The Morgan fingerprint density at radius 2 is 0.911 bits per heavy atom. The summed E-state index contributed by atoms with van der Waals surface area (Å²) >= 11 is 0. The van der Waals surface area contributed by atoms with Crippen molar-refractivity contribution in [2.45, 2.75) is 170 Å². The molecule has 2 nitrogen and oxygen atoms in total. The molecule has 0 spiro atoms. The van der Waals surface area contributed by atoms with Gasteiger partial charge in [0.05, 0.1) is 5.57 Å². The van der Waals surface area contributed by atoms with Crippen LogP contribution in [0.3, 0.4) is 0 Å². The summed E-state index contributed by atoms with van der Waals surface area (Å²) < 4.78 is 1.87. The molecule has 1 heterocycles. The van der Waals surface area contributed by atoms with Gasteiger partial charge >= 0.3 is 0 Å². The van der Waals surface area contributed by atoms with Gasteiger partial charge in [0.15, 0.2) is 0 Å². The fourth-order valence-corrected chi connectivity index (χ4v) is 6.79. The van der Waals surface area contributed by atoms with Crippen molar-refractivity contribution < 1.29 is 4.68 Å². The Morgan fingerprint density at radius 1 is 0.489 bits per heavy atom. The van der Waals surface area contributed by atoms with Crippen molar-refractivity contribution in [3.05, 3.63) is 92.8 Å². The van der Waals surface area contributed by atoms with Crippen LogP contribution in [0.2, 0.25) is 0 Å². The zero-order valence-electron chi connectivity index (χ0n) is 30.1. The van der Waals surface area contributed by atoms with Crippen LogP contribution in [0.4, 0.5) is 0 Å². The minimum absolute atomic E-state index is 1.05. The van der Waals surface area contributed by atoms with Crippen LogP contribution in [-0.2, 0) is 25.7 Å². The minimum Gasteiger partial charge on any atom is -0.448 e. The van der Waals surface area contributed by atoms with Gasteiger partial charge in [-0.25, -0.2) is 4.68 Å². The highest BCUT2D eigenvalue weighted by atomic mass is 15.3. The third kappa shape index (κ3) is 11.0. The van der Waals surface area contributed by atoms with E-state index < -0.39 is 0 Å². The van der Waals surface area contributed by atoms with Crippen LogP contribution in [0, 0.1) is 0 Å². The number of benzene rings is 2. The molecule has 0 atom stereocenters. The summed E-state index contributed by atoms with van der Waals surface area (Å²) in [4.78, 5) is 0. The van der Waals surface area contributed by atoms with E-state index in [1.807, 2.05) is 4.68 Å². The number of aryl methyl sites for hydroxylation is 4. The molecule has 0 saturated heterocycles. The minimum atomic E-state index is 1.05. The summed E-state index contributed by atoms with van der Waals surface area (Å²) in [5, 5.41) is 0. The zero-order valence-corrected chi connectivity index (χ0v) is 30.1. The molecular formula is C43H66N2. The fraction of sp³-hybridized carbons (Fsp3) is 0.605. The highest BCUT2D eigenvalue weighted by molar-refractivity contribution is 6.16. The summed E-state index contributed by atoms with van der Waals surface area (Å²) in [5.74, 6) is 9.91. The molecule has 1 aliphatic rings. The van der Waals surface area contributed by atoms with Gasteiger partial charge in [0.25, 0.3) is 0 Å². The van der Waals surface area contributed by atoms with Crippen LogP contribution in [0.25, 0.3) is 11.5 Å². The first-order valence-corrected chi connectivity index (χ1v) is 19.1. The third-order valence-corrected chi connectivity index (χ3v) is 9.43. The van der Waals surface area contributed by atoms with E-state index in [9.17, 15) is 5.84 Å². The molecule has 1 N–H and O–H groups in total. The standard InChI is InChI=1S/C43H66N2/c1-7-13-19-21-27-41-40(26-20-14-8-2)42(38-30-34(22-15-9-3)28-35(31-38)23-16-10-4)45(44)43(41)39-32-36(24-17-11-5)29-37(33-39)25-18-12-6/h27-33,44H,7-26H2,1-6H3. The predicted octanol–water partition coefficient (Wildman–Crippen LogP) is 13.3. The largest absolute Gasteiger partial charge is 0.448 e. The lowest BCUT2D eigenvalue weighted by Crippen LogP contribution is -2.13. The van der Waals surface area contributed by atoms with Gasteiger partial charge in [-0.3, -0.25) is 0 Å². The highest BCUT2D eigenvalue weighted by Crippen LogP contribution is 2.39. The molecule has 2 aromatic rings. The Kier molecular flexibility index (Phi) is 16.8. The topological polar surface area (TPSA) is 26.8 Å². The Hall–Kier alpha value is -2.61. The van der Waals surface area contributed by atoms with Gasteiger partial charge < -0.3 is 5.84 Å². The van der Waals surface area contributed by atoms with Crippen molar-refractivity contribution in [3.8, 4) is 0 Å². The van der Waals surface area contributed by atoms with E-state index in [4.69, 9.17) is 0 Å². The van der Waals surface area contributed by atoms with Gasteiger partial charge in [-0.15, -0.1) is 0 Å². The number of hydrogen-bond acceptors (Lipinski definition) is 0. The summed E-state index contributed by atoms with van der Waals surface area (Å²) in [5.41, 5.74) is 13.3. The number of allylic oxidation sites excluding steroid dienone is 3. The quantitative estimate of drug-likeness (QED) is 0.0936. The molecule has 2 heteroatoms. The average Bonchev–Trinajstić information content (AvgIpc) is 3.33. The lowest BCUT2D eigenvalue weighted by Gasteiger charge is -2.13. The number of nitrogens with one attached hydrogen (secondary N) is 1. The predicted molar refractivity (Wildman–Crippen MR) is 199 cm³/mol. The van der Waals surface area contributed by atoms with Crippen molar-refractivity contribution in [2.75, 3.05) is 0 Å². The van der Waals surface area contributed by atoms with Crippen molar-refractivity contribution in [2.24, 2.45) is 0 Å². The van der Waals surface area contributed by atoms with Crippen molar-refractivity contribution in [3.63, 3.8) is 0 Å². The van der Waals surface area contributed by atoms with Gasteiger partial charge in [-0.2, -0.15) is 0 Å². The molecule has 0 unspecified atom stereocenters. The molecular weight excluding hydrogens is 544 g/mol. The average molecular weight is 611 g/mol. The summed E-state index contributed by atoms with van der Waals surface area (Å²) in [6.45, 7) is 13.8. The molecule has 2 aromatic carbocycles. The molecule has 1 aliphatic heterocycles. The van der Waals surface area contributed by atoms with E-state index in [1.165, 1.54) is 134 Å². The number of nitrogens with zero attached hydrogens (tertiary/aromatic N) is 1. The first kappa shape index (κ1) is 36.9. The van der Waals surface area contributed by atoms with Gasteiger partial charge in [-0.1, -0.05) is 111 Å². The molecule has 248 valence electrons. The SMILES string of the molecule is CCCCCC=C1C(CCCCC)=C(c2cc(CCCC)cc(CCCC)c2)[N+]([NH-])=C1c1cc(CCCC)cc(CCCC)c1. The van der Waals surface area contributed by atoms with Crippen LogP contribution in [0.1, 0.15) is 178 Å². The molecule has 0 amide bonds. The van der Waals surface area contributed by atoms with E-state index in [-0.39, 0.29) is 0 Å². The lowest BCUT2D eigenvalue weighted by molar-refractivity contribution is -0.347. The lowest BCUT2D eigenvalue weighted by atomic mass is 9.88. The van der Waals surface area contributed by atoms with Crippen molar-refractivity contribution in [1.82, 2.24) is 0 Å². The summed E-state index contributed by atoms with van der Waals surface area (Å²) in [6.07, 6.45) is 26.2. The Balaban J connectivity index is 2.28. The van der Waals surface area contributed by atoms with Crippen LogP contribution >= 0.6 is 0 Å².